The molecule has 0 radical (unpaired) electrons. The van der Waals surface area contributed by atoms with Crippen LogP contribution in [0.25, 0.3) is 0 Å². The lowest BCUT2D eigenvalue weighted by atomic mass is 10.2. The Labute approximate surface area is 142 Å². The first kappa shape index (κ1) is 16.8. The molecule has 2 aliphatic heterocycles. The van der Waals surface area contributed by atoms with E-state index < -0.39 is 10.0 Å². The number of anilines is 1. The topological polar surface area (TPSA) is 57.7 Å². The highest BCUT2D eigenvalue weighted by Crippen LogP contribution is 2.37. The Hall–Kier alpha value is -1.05. The monoisotopic (exact) mass is 354 g/mol. The molecule has 1 saturated heterocycles. The highest BCUT2D eigenvalue weighted by Gasteiger charge is 2.28. The zero-order chi connectivity index (χ0) is 16.4. The summed E-state index contributed by atoms with van der Waals surface area (Å²) in [6, 6.07) is 5.14. The second kappa shape index (κ2) is 6.83. The normalized spacial score (nSPS) is 20.0. The maximum atomic E-state index is 12.9. The predicted molar refractivity (Wildman–Crippen MR) is 92.4 cm³/mol. The molecule has 1 fully saturated rings. The van der Waals surface area contributed by atoms with E-state index in [0.29, 0.717) is 24.5 Å². The number of thioether (sulfide) groups is 1. The molecule has 2 heterocycles. The molecule has 0 atom stereocenters. The van der Waals surface area contributed by atoms with E-state index in [9.17, 15) is 13.2 Å². The molecular weight excluding hydrogens is 332 g/mol. The van der Waals surface area contributed by atoms with Gasteiger partial charge in [-0.3, -0.25) is 4.79 Å². The second-order valence-electron chi connectivity index (χ2n) is 5.97. The van der Waals surface area contributed by atoms with Crippen molar-refractivity contribution in [2.75, 3.05) is 30.3 Å². The fourth-order valence-corrected chi connectivity index (χ4v) is 5.77. The third-order valence-corrected chi connectivity index (χ3v) is 7.30. The molecule has 1 aromatic rings. The van der Waals surface area contributed by atoms with Gasteiger partial charge in [-0.1, -0.05) is 12.8 Å². The van der Waals surface area contributed by atoms with Crippen LogP contribution in [0.2, 0.25) is 0 Å². The van der Waals surface area contributed by atoms with Gasteiger partial charge in [-0.15, -0.1) is 11.8 Å². The Kier molecular flexibility index (Phi) is 4.98. The number of hydrogen-bond donors (Lipinski definition) is 0. The largest absolute Gasteiger partial charge is 0.311 e. The Morgan fingerprint density at radius 3 is 2.43 bits per heavy atom. The Balaban J connectivity index is 1.93. The van der Waals surface area contributed by atoms with Crippen molar-refractivity contribution in [3.05, 3.63) is 18.2 Å². The van der Waals surface area contributed by atoms with Crippen molar-refractivity contribution in [2.45, 2.75) is 42.4 Å². The fourth-order valence-electron chi connectivity index (χ4n) is 3.12. The van der Waals surface area contributed by atoms with Crippen molar-refractivity contribution >= 4 is 33.4 Å². The van der Waals surface area contributed by atoms with Gasteiger partial charge in [0.05, 0.1) is 10.6 Å². The molecule has 1 aromatic carbocycles. The second-order valence-corrected chi connectivity index (χ2v) is 9.04. The predicted octanol–water partition coefficient (Wildman–Crippen LogP) is 2.71. The molecule has 3 rings (SSSR count). The zero-order valence-electron chi connectivity index (χ0n) is 13.3. The van der Waals surface area contributed by atoms with Crippen LogP contribution >= 0.6 is 11.8 Å². The van der Waals surface area contributed by atoms with Crippen molar-refractivity contribution < 1.29 is 13.2 Å². The van der Waals surface area contributed by atoms with Gasteiger partial charge in [0.2, 0.25) is 15.9 Å². The maximum Gasteiger partial charge on any atom is 0.243 e. The molecule has 0 spiro atoms. The van der Waals surface area contributed by atoms with Gasteiger partial charge in [-0.25, -0.2) is 8.42 Å². The van der Waals surface area contributed by atoms with E-state index in [4.69, 9.17) is 0 Å². The zero-order valence-corrected chi connectivity index (χ0v) is 15.0. The SMILES string of the molecule is CC(=O)N1CCSc2cc(S(=O)(=O)N3CCCCCC3)ccc21. The number of rotatable bonds is 2. The lowest BCUT2D eigenvalue weighted by Crippen LogP contribution is -2.34. The highest BCUT2D eigenvalue weighted by molar-refractivity contribution is 7.99. The van der Waals surface area contributed by atoms with E-state index in [1.807, 2.05) is 0 Å². The molecule has 23 heavy (non-hydrogen) atoms. The molecule has 2 aliphatic rings. The van der Waals surface area contributed by atoms with Crippen molar-refractivity contribution in [2.24, 2.45) is 0 Å². The van der Waals surface area contributed by atoms with Gasteiger partial charge in [0.25, 0.3) is 0 Å². The molecule has 7 heteroatoms. The van der Waals surface area contributed by atoms with Crippen LogP contribution in [0.3, 0.4) is 0 Å². The first-order chi connectivity index (χ1) is 11.0. The lowest BCUT2D eigenvalue weighted by Gasteiger charge is -2.29. The first-order valence-corrected chi connectivity index (χ1v) is 10.5. The number of amides is 1. The fraction of sp³-hybridized carbons (Fsp3) is 0.562. The Bertz CT molecular complexity index is 695. The van der Waals surface area contributed by atoms with Crippen LogP contribution in [-0.2, 0) is 14.8 Å². The number of carbonyl (C=O) groups excluding carboxylic acids is 1. The van der Waals surface area contributed by atoms with Crippen LogP contribution in [0.1, 0.15) is 32.6 Å². The minimum absolute atomic E-state index is 0.00493. The molecule has 5 nitrogen and oxygen atoms in total. The van der Waals surface area contributed by atoms with E-state index in [1.54, 1.807) is 46.1 Å². The molecule has 0 unspecified atom stereocenters. The molecule has 0 aliphatic carbocycles. The van der Waals surface area contributed by atoms with E-state index in [2.05, 4.69) is 0 Å². The number of sulfonamides is 1. The summed E-state index contributed by atoms with van der Waals surface area (Å²) >= 11 is 1.61. The molecule has 0 N–H and O–H groups in total. The van der Waals surface area contributed by atoms with Crippen molar-refractivity contribution in [3.8, 4) is 0 Å². The summed E-state index contributed by atoms with van der Waals surface area (Å²) in [4.78, 5) is 14.7. The van der Waals surface area contributed by atoms with E-state index >= 15 is 0 Å². The average molecular weight is 354 g/mol. The number of carbonyl (C=O) groups is 1. The summed E-state index contributed by atoms with van der Waals surface area (Å²) in [7, 11) is -3.44. The van der Waals surface area contributed by atoms with Crippen molar-refractivity contribution in [1.29, 1.82) is 0 Å². The summed E-state index contributed by atoms with van der Waals surface area (Å²) < 4.78 is 27.4. The molecule has 1 amide bonds. The number of benzene rings is 1. The third kappa shape index (κ3) is 3.41. The number of hydrogen-bond acceptors (Lipinski definition) is 4. The van der Waals surface area contributed by atoms with Gasteiger partial charge in [0.15, 0.2) is 0 Å². The van der Waals surface area contributed by atoms with Gasteiger partial charge in [-0.05, 0) is 31.0 Å². The van der Waals surface area contributed by atoms with Crippen LogP contribution in [0, 0.1) is 0 Å². The lowest BCUT2D eigenvalue weighted by molar-refractivity contribution is -0.116. The van der Waals surface area contributed by atoms with Crippen molar-refractivity contribution in [3.63, 3.8) is 0 Å². The Morgan fingerprint density at radius 1 is 1.09 bits per heavy atom. The van der Waals surface area contributed by atoms with Crippen molar-refractivity contribution in [1.82, 2.24) is 4.31 Å². The van der Waals surface area contributed by atoms with Crippen LogP contribution < -0.4 is 4.90 Å². The third-order valence-electron chi connectivity index (χ3n) is 4.38. The van der Waals surface area contributed by atoms with E-state index in [1.165, 1.54) is 0 Å². The van der Waals surface area contributed by atoms with Gasteiger partial charge in [0.1, 0.15) is 0 Å². The van der Waals surface area contributed by atoms with Gasteiger partial charge in [0, 0.05) is 37.2 Å². The summed E-state index contributed by atoms with van der Waals surface area (Å²) in [5, 5.41) is 0. The minimum atomic E-state index is -3.44. The minimum Gasteiger partial charge on any atom is -0.311 e. The summed E-state index contributed by atoms with van der Waals surface area (Å²) in [5.74, 6) is 0.787. The van der Waals surface area contributed by atoms with Crippen LogP contribution in [0.4, 0.5) is 5.69 Å². The quantitative estimate of drug-likeness (QED) is 0.819. The molecule has 0 aromatic heterocycles. The molecular formula is C16H22N2O3S2. The van der Waals surface area contributed by atoms with Crippen LogP contribution in [0.5, 0.6) is 0 Å². The first-order valence-electron chi connectivity index (χ1n) is 8.05. The van der Waals surface area contributed by atoms with Gasteiger partial charge in [-0.2, -0.15) is 4.31 Å². The van der Waals surface area contributed by atoms with Gasteiger partial charge >= 0.3 is 0 Å². The molecule has 126 valence electrons. The van der Waals surface area contributed by atoms with E-state index in [0.717, 1.165) is 42.0 Å². The number of nitrogens with zero attached hydrogens (tertiary/aromatic N) is 2. The summed E-state index contributed by atoms with van der Waals surface area (Å²) in [5.41, 5.74) is 0.823. The number of fused-ring (bicyclic) bond motifs is 1. The Morgan fingerprint density at radius 2 is 1.78 bits per heavy atom. The molecule has 0 saturated carbocycles. The van der Waals surface area contributed by atoms with Crippen LogP contribution in [0.15, 0.2) is 28.0 Å². The standard InChI is InChI=1S/C16H22N2O3S2/c1-13(19)18-10-11-22-16-12-14(6-7-15(16)18)23(20,21)17-8-4-2-3-5-9-17/h6-7,12H,2-5,8-11H2,1H3. The summed E-state index contributed by atoms with van der Waals surface area (Å²) in [6.07, 6.45) is 4.05. The summed E-state index contributed by atoms with van der Waals surface area (Å²) in [6.45, 7) is 3.42. The highest BCUT2D eigenvalue weighted by atomic mass is 32.2. The molecule has 0 bridgehead atoms. The smallest absolute Gasteiger partial charge is 0.243 e. The van der Waals surface area contributed by atoms with Crippen LogP contribution in [-0.4, -0.2) is 44.0 Å². The average Bonchev–Trinajstić information content (AvgIpc) is 2.83. The van der Waals surface area contributed by atoms with E-state index in [-0.39, 0.29) is 5.91 Å². The maximum absolute atomic E-state index is 12.9. The van der Waals surface area contributed by atoms with Gasteiger partial charge < -0.3 is 4.90 Å².